The van der Waals surface area contributed by atoms with Gasteiger partial charge in [0.2, 0.25) is 0 Å². The molecule has 18 heavy (non-hydrogen) atoms. The molecular weight excluding hydrogens is 226 g/mol. The van der Waals surface area contributed by atoms with Gasteiger partial charge in [0.05, 0.1) is 18.6 Å². The van der Waals surface area contributed by atoms with Gasteiger partial charge in [-0.25, -0.2) is 0 Å². The fourth-order valence-corrected chi connectivity index (χ4v) is 1.76. The van der Waals surface area contributed by atoms with Crippen molar-refractivity contribution in [3.05, 3.63) is 54.5 Å². The van der Waals surface area contributed by atoms with E-state index in [1.165, 1.54) is 0 Å². The Labute approximate surface area is 108 Å². The lowest BCUT2D eigenvalue weighted by Gasteiger charge is -2.17. The average Bonchev–Trinajstić information content (AvgIpc) is 2.94. The van der Waals surface area contributed by atoms with Crippen LogP contribution in [0.3, 0.4) is 0 Å². The minimum absolute atomic E-state index is 0.170. The average molecular weight is 245 g/mol. The summed E-state index contributed by atoms with van der Waals surface area (Å²) in [7, 11) is 0. The first-order valence-corrected chi connectivity index (χ1v) is 6.33. The van der Waals surface area contributed by atoms with Crippen molar-refractivity contribution in [3.8, 4) is 5.75 Å². The highest BCUT2D eigenvalue weighted by Gasteiger charge is 2.12. The largest absolute Gasteiger partial charge is 0.492 e. The maximum Gasteiger partial charge on any atom is 0.119 e. The predicted octanol–water partition coefficient (Wildman–Crippen LogP) is 3.40. The molecule has 0 aliphatic rings. The first kappa shape index (κ1) is 12.7. The van der Waals surface area contributed by atoms with Crippen LogP contribution in [0.15, 0.2) is 53.3 Å². The van der Waals surface area contributed by atoms with E-state index in [9.17, 15) is 0 Å². The molecule has 0 aliphatic carbocycles. The van der Waals surface area contributed by atoms with Crippen LogP contribution in [0.25, 0.3) is 0 Å². The molecule has 0 saturated carbocycles. The number of ether oxygens (including phenoxy) is 1. The Morgan fingerprint density at radius 2 is 2.06 bits per heavy atom. The molecule has 0 spiro atoms. The summed E-state index contributed by atoms with van der Waals surface area (Å²) in [5.41, 5.74) is 1.12. The SMILES string of the molecule is CCCNC(COc1ccccc1)c1ccoc1. The maximum absolute atomic E-state index is 5.78. The van der Waals surface area contributed by atoms with Gasteiger partial charge in [-0.2, -0.15) is 0 Å². The molecule has 2 rings (SSSR count). The Kier molecular flexibility index (Phi) is 4.85. The van der Waals surface area contributed by atoms with Crippen LogP contribution >= 0.6 is 0 Å². The van der Waals surface area contributed by atoms with Crippen LogP contribution < -0.4 is 10.1 Å². The molecule has 96 valence electrons. The monoisotopic (exact) mass is 245 g/mol. The zero-order valence-electron chi connectivity index (χ0n) is 10.6. The van der Waals surface area contributed by atoms with Gasteiger partial charge in [-0.15, -0.1) is 0 Å². The van der Waals surface area contributed by atoms with E-state index in [0.717, 1.165) is 24.3 Å². The second-order valence-corrected chi connectivity index (χ2v) is 4.19. The standard InChI is InChI=1S/C15H19NO2/c1-2-9-16-15(13-8-10-17-11-13)12-18-14-6-4-3-5-7-14/h3-8,10-11,15-16H,2,9,12H2,1H3. The first-order chi connectivity index (χ1) is 8.90. The molecule has 1 atom stereocenters. The maximum atomic E-state index is 5.78. The van der Waals surface area contributed by atoms with Gasteiger partial charge in [-0.3, -0.25) is 0 Å². The Bertz CT molecular complexity index is 425. The van der Waals surface area contributed by atoms with Crippen molar-refractivity contribution in [2.45, 2.75) is 19.4 Å². The summed E-state index contributed by atoms with van der Waals surface area (Å²) in [5, 5.41) is 3.46. The van der Waals surface area contributed by atoms with E-state index < -0.39 is 0 Å². The number of para-hydroxylation sites is 1. The Morgan fingerprint density at radius 3 is 2.72 bits per heavy atom. The van der Waals surface area contributed by atoms with Gasteiger partial charge in [-0.1, -0.05) is 25.1 Å². The molecule has 0 fully saturated rings. The minimum atomic E-state index is 0.170. The summed E-state index contributed by atoms with van der Waals surface area (Å²) in [5.74, 6) is 0.893. The van der Waals surface area contributed by atoms with Crippen LogP contribution in [0.1, 0.15) is 24.9 Å². The lowest BCUT2D eigenvalue weighted by atomic mass is 10.1. The van der Waals surface area contributed by atoms with Crippen LogP contribution in [0, 0.1) is 0 Å². The minimum Gasteiger partial charge on any atom is -0.492 e. The van der Waals surface area contributed by atoms with Crippen LogP contribution in [0.4, 0.5) is 0 Å². The molecule has 0 radical (unpaired) electrons. The molecule has 1 unspecified atom stereocenters. The van der Waals surface area contributed by atoms with E-state index >= 15 is 0 Å². The van der Waals surface area contributed by atoms with E-state index in [4.69, 9.17) is 9.15 Å². The molecule has 1 N–H and O–H groups in total. The van der Waals surface area contributed by atoms with Crippen molar-refractivity contribution in [1.82, 2.24) is 5.32 Å². The summed E-state index contributed by atoms with van der Waals surface area (Å²) in [6.07, 6.45) is 4.56. The summed E-state index contributed by atoms with van der Waals surface area (Å²) in [6, 6.07) is 12.0. The van der Waals surface area contributed by atoms with Crippen molar-refractivity contribution in [2.24, 2.45) is 0 Å². The topological polar surface area (TPSA) is 34.4 Å². The third-order valence-corrected chi connectivity index (χ3v) is 2.75. The summed E-state index contributed by atoms with van der Waals surface area (Å²) >= 11 is 0. The molecular formula is C15H19NO2. The Morgan fingerprint density at radius 1 is 1.22 bits per heavy atom. The smallest absolute Gasteiger partial charge is 0.119 e. The highest BCUT2D eigenvalue weighted by Crippen LogP contribution is 2.16. The number of furan rings is 1. The highest BCUT2D eigenvalue weighted by molar-refractivity contribution is 5.21. The quantitative estimate of drug-likeness (QED) is 0.811. The fourth-order valence-electron chi connectivity index (χ4n) is 1.76. The fraction of sp³-hybridized carbons (Fsp3) is 0.333. The number of benzene rings is 1. The van der Waals surface area contributed by atoms with E-state index in [-0.39, 0.29) is 6.04 Å². The van der Waals surface area contributed by atoms with E-state index in [1.807, 2.05) is 36.4 Å². The number of nitrogens with one attached hydrogen (secondary N) is 1. The van der Waals surface area contributed by atoms with E-state index in [0.29, 0.717) is 6.61 Å². The zero-order chi connectivity index (χ0) is 12.6. The summed E-state index contributed by atoms with van der Waals surface area (Å²) < 4.78 is 10.9. The van der Waals surface area contributed by atoms with Crippen LogP contribution in [0.5, 0.6) is 5.75 Å². The van der Waals surface area contributed by atoms with Crippen molar-refractivity contribution < 1.29 is 9.15 Å². The second-order valence-electron chi connectivity index (χ2n) is 4.19. The lowest BCUT2D eigenvalue weighted by Crippen LogP contribution is -2.27. The van der Waals surface area contributed by atoms with Gasteiger partial charge < -0.3 is 14.5 Å². The van der Waals surface area contributed by atoms with Gasteiger partial charge in [0.15, 0.2) is 0 Å². The van der Waals surface area contributed by atoms with Crippen molar-refractivity contribution in [1.29, 1.82) is 0 Å². The lowest BCUT2D eigenvalue weighted by molar-refractivity contribution is 0.266. The molecule has 0 saturated heterocycles. The molecule has 1 aromatic carbocycles. The normalized spacial score (nSPS) is 12.3. The number of rotatable bonds is 7. The first-order valence-electron chi connectivity index (χ1n) is 6.33. The van der Waals surface area contributed by atoms with Gasteiger partial charge in [0.25, 0.3) is 0 Å². The van der Waals surface area contributed by atoms with Crippen molar-refractivity contribution in [3.63, 3.8) is 0 Å². The van der Waals surface area contributed by atoms with E-state index in [2.05, 4.69) is 12.2 Å². The van der Waals surface area contributed by atoms with Gasteiger partial charge >= 0.3 is 0 Å². The van der Waals surface area contributed by atoms with Crippen molar-refractivity contribution in [2.75, 3.05) is 13.2 Å². The van der Waals surface area contributed by atoms with Crippen LogP contribution in [0.2, 0.25) is 0 Å². The highest BCUT2D eigenvalue weighted by atomic mass is 16.5. The third-order valence-electron chi connectivity index (χ3n) is 2.75. The third kappa shape index (κ3) is 3.64. The van der Waals surface area contributed by atoms with Crippen LogP contribution in [-0.2, 0) is 0 Å². The number of hydrogen-bond donors (Lipinski definition) is 1. The molecule has 0 aliphatic heterocycles. The molecule has 0 bridgehead atoms. The molecule has 3 nitrogen and oxygen atoms in total. The molecule has 0 amide bonds. The molecule has 1 aromatic heterocycles. The second kappa shape index (κ2) is 6.87. The Balaban J connectivity index is 1.93. The van der Waals surface area contributed by atoms with Gasteiger partial charge in [0.1, 0.15) is 12.4 Å². The summed E-state index contributed by atoms with van der Waals surface area (Å²) in [6.45, 7) is 3.72. The summed E-state index contributed by atoms with van der Waals surface area (Å²) in [4.78, 5) is 0. The van der Waals surface area contributed by atoms with Gasteiger partial charge in [0, 0.05) is 5.56 Å². The zero-order valence-corrected chi connectivity index (χ0v) is 10.6. The Hall–Kier alpha value is -1.74. The van der Waals surface area contributed by atoms with E-state index in [1.54, 1.807) is 12.5 Å². The predicted molar refractivity (Wildman–Crippen MR) is 71.7 cm³/mol. The number of hydrogen-bond acceptors (Lipinski definition) is 3. The van der Waals surface area contributed by atoms with Crippen molar-refractivity contribution >= 4 is 0 Å². The van der Waals surface area contributed by atoms with Crippen LogP contribution in [-0.4, -0.2) is 13.2 Å². The molecule has 1 heterocycles. The van der Waals surface area contributed by atoms with Gasteiger partial charge in [-0.05, 0) is 31.2 Å². The molecule has 3 heteroatoms. The molecule has 2 aromatic rings.